The summed E-state index contributed by atoms with van der Waals surface area (Å²) >= 11 is 3.08. The quantitative estimate of drug-likeness (QED) is 0.778. The van der Waals surface area contributed by atoms with Crippen molar-refractivity contribution in [2.24, 2.45) is 0 Å². The smallest absolute Gasteiger partial charge is 0.342 e. The molecule has 72 valence electrons. The van der Waals surface area contributed by atoms with Crippen molar-refractivity contribution in [2.75, 3.05) is 0 Å². The molecular formula is C7H4BrN3O3. The molecule has 0 atom stereocenters. The fourth-order valence-electron chi connectivity index (χ4n) is 1.09. The zero-order chi connectivity index (χ0) is 10.3. The summed E-state index contributed by atoms with van der Waals surface area (Å²) in [6.07, 6.45) is 2.53. The number of aromatic carboxylic acids is 1. The molecule has 2 aromatic heterocycles. The highest BCUT2D eigenvalue weighted by Crippen LogP contribution is 2.06. The summed E-state index contributed by atoms with van der Waals surface area (Å²) in [5.41, 5.74) is -0.924. The minimum absolute atomic E-state index is 0.298. The van der Waals surface area contributed by atoms with Gasteiger partial charge >= 0.3 is 5.97 Å². The average Bonchev–Trinajstić information content (AvgIpc) is 2.46. The van der Waals surface area contributed by atoms with E-state index in [1.807, 2.05) is 0 Å². The van der Waals surface area contributed by atoms with Crippen LogP contribution in [0.5, 0.6) is 0 Å². The summed E-state index contributed by atoms with van der Waals surface area (Å²) in [7, 11) is 0. The van der Waals surface area contributed by atoms with Gasteiger partial charge in [0.05, 0.1) is 0 Å². The number of nitrogens with zero attached hydrogens (tertiary/aromatic N) is 2. The third-order valence-corrected chi connectivity index (χ3v) is 2.08. The molecule has 2 N–H and O–H groups in total. The molecule has 0 fully saturated rings. The summed E-state index contributed by atoms with van der Waals surface area (Å²) in [5, 5.41) is 8.67. The Labute approximate surface area is 85.3 Å². The summed E-state index contributed by atoms with van der Waals surface area (Å²) in [6, 6.07) is 0. The Hall–Kier alpha value is -1.63. The molecule has 6 nitrogen and oxygen atoms in total. The maximum atomic E-state index is 11.5. The van der Waals surface area contributed by atoms with Gasteiger partial charge in [-0.15, -0.1) is 0 Å². The molecule has 0 saturated carbocycles. The molecule has 0 aliphatic heterocycles. The Bertz CT molecular complexity index is 571. The highest BCUT2D eigenvalue weighted by Gasteiger charge is 2.12. The minimum atomic E-state index is -1.27. The maximum absolute atomic E-state index is 11.5. The molecule has 0 radical (unpaired) electrons. The standard InChI is InChI=1S/C7H4BrN3O3/c8-4-2-11-5(12)3(6(13)14)1-9-7(11)10-4/h1-2H,(H,9,10)(H,13,14). The van der Waals surface area contributed by atoms with E-state index in [0.717, 1.165) is 10.6 Å². The van der Waals surface area contributed by atoms with Crippen molar-refractivity contribution in [1.82, 2.24) is 14.4 Å². The minimum Gasteiger partial charge on any atom is -0.477 e. The van der Waals surface area contributed by atoms with Crippen LogP contribution in [0.4, 0.5) is 0 Å². The van der Waals surface area contributed by atoms with E-state index in [-0.39, 0.29) is 5.56 Å². The highest BCUT2D eigenvalue weighted by atomic mass is 79.9. The van der Waals surface area contributed by atoms with Gasteiger partial charge in [-0.3, -0.25) is 4.79 Å². The summed E-state index contributed by atoms with van der Waals surface area (Å²) in [6.45, 7) is 0. The number of H-pyrrole nitrogens is 1. The third-order valence-electron chi connectivity index (χ3n) is 1.70. The van der Waals surface area contributed by atoms with Gasteiger partial charge in [-0.25, -0.2) is 14.2 Å². The molecule has 2 aromatic rings. The van der Waals surface area contributed by atoms with Crippen LogP contribution in [0.2, 0.25) is 0 Å². The predicted octanol–water partition coefficient (Wildman–Crippen LogP) is 0.483. The van der Waals surface area contributed by atoms with Gasteiger partial charge in [-0.1, -0.05) is 0 Å². The van der Waals surface area contributed by atoms with Crippen molar-refractivity contribution in [2.45, 2.75) is 0 Å². The van der Waals surface area contributed by atoms with Gasteiger partial charge in [0.1, 0.15) is 10.2 Å². The lowest BCUT2D eigenvalue weighted by Gasteiger charge is -1.94. The fourth-order valence-corrected chi connectivity index (χ4v) is 1.46. The van der Waals surface area contributed by atoms with Crippen LogP contribution in [0.25, 0.3) is 5.78 Å². The molecule has 0 bridgehead atoms. The van der Waals surface area contributed by atoms with Crippen LogP contribution in [-0.4, -0.2) is 25.4 Å². The number of halogens is 1. The van der Waals surface area contributed by atoms with Crippen molar-refractivity contribution in [3.05, 3.63) is 32.9 Å². The predicted molar refractivity (Wildman–Crippen MR) is 50.5 cm³/mol. The van der Waals surface area contributed by atoms with Crippen molar-refractivity contribution < 1.29 is 9.90 Å². The monoisotopic (exact) mass is 257 g/mol. The fraction of sp³-hybridized carbons (Fsp3) is 0. The van der Waals surface area contributed by atoms with Gasteiger partial charge in [0.25, 0.3) is 5.56 Å². The van der Waals surface area contributed by atoms with Crippen LogP contribution in [0.15, 0.2) is 21.8 Å². The number of carbonyl (C=O) groups is 1. The van der Waals surface area contributed by atoms with E-state index in [9.17, 15) is 9.59 Å². The largest absolute Gasteiger partial charge is 0.477 e. The number of hydrogen-bond donors (Lipinski definition) is 2. The Kier molecular flexibility index (Phi) is 1.88. The number of imidazole rings is 1. The first-order valence-electron chi connectivity index (χ1n) is 3.59. The molecule has 0 unspecified atom stereocenters. The SMILES string of the molecule is O=C(O)c1c[nH]c2nc(Br)cn2c1=O. The van der Waals surface area contributed by atoms with Crippen molar-refractivity contribution in [1.29, 1.82) is 0 Å². The van der Waals surface area contributed by atoms with Crippen molar-refractivity contribution in [3.63, 3.8) is 0 Å². The first-order valence-corrected chi connectivity index (χ1v) is 4.38. The number of carboxylic acid groups (broad SMARTS) is 1. The van der Waals surface area contributed by atoms with Crippen LogP contribution >= 0.6 is 15.9 Å². The second-order valence-electron chi connectivity index (χ2n) is 2.57. The third kappa shape index (κ3) is 1.22. The molecule has 0 saturated heterocycles. The first kappa shape index (κ1) is 8.95. The Morgan fingerprint density at radius 2 is 2.36 bits per heavy atom. The lowest BCUT2D eigenvalue weighted by atomic mass is 10.3. The topological polar surface area (TPSA) is 87.5 Å². The highest BCUT2D eigenvalue weighted by molar-refractivity contribution is 9.10. The van der Waals surface area contributed by atoms with Crippen LogP contribution < -0.4 is 5.56 Å². The molecular weight excluding hydrogens is 254 g/mol. The van der Waals surface area contributed by atoms with Gasteiger partial charge in [-0.05, 0) is 15.9 Å². The lowest BCUT2D eigenvalue weighted by Crippen LogP contribution is -2.21. The number of nitrogens with one attached hydrogen (secondary N) is 1. The van der Waals surface area contributed by atoms with E-state index in [4.69, 9.17) is 5.11 Å². The zero-order valence-corrected chi connectivity index (χ0v) is 8.28. The molecule has 0 aliphatic carbocycles. The molecule has 2 rings (SSSR count). The molecule has 7 heteroatoms. The van der Waals surface area contributed by atoms with E-state index in [2.05, 4.69) is 25.9 Å². The van der Waals surface area contributed by atoms with Gasteiger partial charge in [0, 0.05) is 12.4 Å². The number of rotatable bonds is 1. The Morgan fingerprint density at radius 3 is 3.00 bits per heavy atom. The molecule has 0 amide bonds. The first-order chi connectivity index (χ1) is 6.59. The Morgan fingerprint density at radius 1 is 1.64 bits per heavy atom. The second kappa shape index (κ2) is 2.95. The molecule has 0 spiro atoms. The van der Waals surface area contributed by atoms with E-state index in [1.54, 1.807) is 0 Å². The number of aromatic amines is 1. The maximum Gasteiger partial charge on any atom is 0.342 e. The number of fused-ring (bicyclic) bond motifs is 1. The summed E-state index contributed by atoms with van der Waals surface area (Å²) in [4.78, 5) is 28.6. The van der Waals surface area contributed by atoms with Gasteiger partial charge in [0.2, 0.25) is 5.78 Å². The zero-order valence-electron chi connectivity index (χ0n) is 6.69. The number of carboxylic acids is 1. The average molecular weight is 258 g/mol. The summed E-state index contributed by atoms with van der Waals surface area (Å²) in [5.74, 6) is -0.968. The molecule has 2 heterocycles. The van der Waals surface area contributed by atoms with E-state index < -0.39 is 11.5 Å². The molecule has 14 heavy (non-hydrogen) atoms. The summed E-state index contributed by atoms with van der Waals surface area (Å²) < 4.78 is 1.60. The Balaban J connectivity index is 2.88. The van der Waals surface area contributed by atoms with Gasteiger partial charge < -0.3 is 10.1 Å². The number of hydrogen-bond acceptors (Lipinski definition) is 3. The second-order valence-corrected chi connectivity index (χ2v) is 3.38. The van der Waals surface area contributed by atoms with Crippen LogP contribution in [0.3, 0.4) is 0 Å². The number of aromatic nitrogens is 3. The molecule has 0 aliphatic rings. The van der Waals surface area contributed by atoms with Crippen LogP contribution in [0, 0.1) is 0 Å². The van der Waals surface area contributed by atoms with E-state index in [0.29, 0.717) is 10.4 Å². The normalized spacial score (nSPS) is 10.6. The van der Waals surface area contributed by atoms with E-state index >= 15 is 0 Å². The molecule has 0 aromatic carbocycles. The van der Waals surface area contributed by atoms with Crippen LogP contribution in [-0.2, 0) is 0 Å². The van der Waals surface area contributed by atoms with Crippen LogP contribution in [0.1, 0.15) is 10.4 Å². The van der Waals surface area contributed by atoms with Gasteiger partial charge in [0.15, 0.2) is 0 Å². The lowest BCUT2D eigenvalue weighted by molar-refractivity contribution is 0.0694. The van der Waals surface area contributed by atoms with E-state index in [1.165, 1.54) is 6.20 Å². The van der Waals surface area contributed by atoms with Crippen molar-refractivity contribution in [3.8, 4) is 0 Å². The van der Waals surface area contributed by atoms with Gasteiger partial charge in [-0.2, -0.15) is 0 Å². The van der Waals surface area contributed by atoms with Crippen molar-refractivity contribution >= 4 is 27.7 Å².